The van der Waals surface area contributed by atoms with Gasteiger partial charge in [0.25, 0.3) is 0 Å². The zero-order chi connectivity index (χ0) is 18.4. The number of cyclic esters (lactones) is 1. The summed E-state index contributed by atoms with van der Waals surface area (Å²) in [5.74, 6) is -0.0386. The van der Waals surface area contributed by atoms with Gasteiger partial charge in [-0.2, -0.15) is 0 Å². The molecule has 2 fully saturated rings. The second kappa shape index (κ2) is 6.49. The van der Waals surface area contributed by atoms with Gasteiger partial charge in [0.05, 0.1) is 28.5 Å². The number of carbonyl (C=O) groups is 1. The van der Waals surface area contributed by atoms with Gasteiger partial charge >= 0.3 is 5.97 Å². The van der Waals surface area contributed by atoms with E-state index in [1.807, 2.05) is 29.0 Å². The number of anilines is 1. The van der Waals surface area contributed by atoms with Gasteiger partial charge in [0.2, 0.25) is 0 Å². The number of halogens is 1. The number of ether oxygens (including phenoxy) is 1. The first kappa shape index (κ1) is 17.0. The number of thiazole rings is 1. The highest BCUT2D eigenvalue weighted by Gasteiger charge is 2.50. The third-order valence-corrected chi connectivity index (χ3v) is 6.94. The molecular weight excluding hydrogens is 384 g/mol. The predicted octanol–water partition coefficient (Wildman–Crippen LogP) is 3.75. The molecule has 1 atom stereocenters. The zero-order valence-corrected chi connectivity index (χ0v) is 16.2. The molecular formula is C19H19ClN4O2S. The van der Waals surface area contributed by atoms with E-state index in [4.69, 9.17) is 21.3 Å². The quantitative estimate of drug-likeness (QED) is 0.624. The molecule has 0 aliphatic carbocycles. The first-order valence-electron chi connectivity index (χ1n) is 9.09. The number of nitrogens with zero attached hydrogens (tertiary/aromatic N) is 4. The number of carbonyl (C=O) groups excluding carboxylic acids is 1. The molecule has 0 radical (unpaired) electrons. The van der Waals surface area contributed by atoms with E-state index in [2.05, 4.69) is 9.88 Å². The van der Waals surface area contributed by atoms with Crippen molar-refractivity contribution in [2.24, 2.45) is 5.41 Å². The zero-order valence-electron chi connectivity index (χ0n) is 14.7. The second-order valence-corrected chi connectivity index (χ2v) is 8.81. The lowest BCUT2D eigenvalue weighted by Gasteiger charge is -2.36. The number of aromatic nitrogens is 3. The van der Waals surface area contributed by atoms with E-state index in [0.717, 1.165) is 52.7 Å². The van der Waals surface area contributed by atoms with E-state index in [1.54, 1.807) is 23.9 Å². The van der Waals surface area contributed by atoms with Crippen molar-refractivity contribution in [2.45, 2.75) is 31.9 Å². The molecule has 2 aromatic heterocycles. The first-order chi connectivity index (χ1) is 13.1. The molecule has 27 heavy (non-hydrogen) atoms. The van der Waals surface area contributed by atoms with Gasteiger partial charge in [-0.15, -0.1) is 0 Å². The van der Waals surface area contributed by atoms with Crippen molar-refractivity contribution >= 4 is 44.3 Å². The lowest BCUT2D eigenvalue weighted by molar-refractivity contribution is -0.150. The van der Waals surface area contributed by atoms with Crippen molar-refractivity contribution in [3.8, 4) is 0 Å². The SMILES string of the molecule is O=C1OC(Cn2ccnc2)CC12CCN(c1nc3ccc(Cl)cc3s1)CC2. The van der Waals surface area contributed by atoms with Crippen LogP contribution in [0.5, 0.6) is 0 Å². The summed E-state index contributed by atoms with van der Waals surface area (Å²) in [5.41, 5.74) is 0.627. The molecule has 6 nitrogen and oxygen atoms in total. The van der Waals surface area contributed by atoms with Crippen LogP contribution >= 0.6 is 22.9 Å². The van der Waals surface area contributed by atoms with Crippen LogP contribution in [0, 0.1) is 5.41 Å². The van der Waals surface area contributed by atoms with Crippen LogP contribution in [-0.2, 0) is 16.1 Å². The van der Waals surface area contributed by atoms with Crippen molar-refractivity contribution in [1.82, 2.24) is 14.5 Å². The van der Waals surface area contributed by atoms with Gasteiger partial charge < -0.3 is 14.2 Å². The molecule has 0 bridgehead atoms. The van der Waals surface area contributed by atoms with Gasteiger partial charge in [-0.3, -0.25) is 4.79 Å². The molecule has 1 aromatic carbocycles. The monoisotopic (exact) mass is 402 g/mol. The molecule has 0 saturated carbocycles. The fourth-order valence-corrected chi connectivity index (χ4v) is 5.42. The summed E-state index contributed by atoms with van der Waals surface area (Å²) >= 11 is 7.74. The Morgan fingerprint density at radius 2 is 2.19 bits per heavy atom. The molecule has 140 valence electrons. The van der Waals surface area contributed by atoms with Crippen LogP contribution in [0.1, 0.15) is 19.3 Å². The Balaban J connectivity index is 1.28. The molecule has 1 spiro atoms. The summed E-state index contributed by atoms with van der Waals surface area (Å²) in [6.07, 6.45) is 7.75. The lowest BCUT2D eigenvalue weighted by atomic mass is 9.76. The number of esters is 1. The maximum absolute atomic E-state index is 12.6. The average molecular weight is 403 g/mol. The van der Waals surface area contributed by atoms with Crippen molar-refractivity contribution in [3.05, 3.63) is 41.9 Å². The molecule has 2 aliphatic heterocycles. The first-order valence-corrected chi connectivity index (χ1v) is 10.3. The van der Waals surface area contributed by atoms with Crippen LogP contribution < -0.4 is 4.90 Å². The van der Waals surface area contributed by atoms with Crippen molar-refractivity contribution < 1.29 is 9.53 Å². The van der Waals surface area contributed by atoms with Gasteiger partial charge in [-0.1, -0.05) is 22.9 Å². The Morgan fingerprint density at radius 1 is 1.33 bits per heavy atom. The highest BCUT2D eigenvalue weighted by Crippen LogP contribution is 2.45. The molecule has 5 rings (SSSR count). The summed E-state index contributed by atoms with van der Waals surface area (Å²) in [6.45, 7) is 2.32. The van der Waals surface area contributed by atoms with Crippen LogP contribution in [0.3, 0.4) is 0 Å². The normalized spacial score (nSPS) is 21.9. The highest BCUT2D eigenvalue weighted by molar-refractivity contribution is 7.22. The Kier molecular flexibility index (Phi) is 4.09. The number of hydrogen-bond donors (Lipinski definition) is 0. The summed E-state index contributed by atoms with van der Waals surface area (Å²) in [5, 5.41) is 1.73. The minimum atomic E-state index is -0.345. The fraction of sp³-hybridized carbons (Fsp3) is 0.421. The Morgan fingerprint density at radius 3 is 2.96 bits per heavy atom. The van der Waals surface area contributed by atoms with E-state index < -0.39 is 0 Å². The number of benzene rings is 1. The topological polar surface area (TPSA) is 60.3 Å². The Labute approximate surface area is 165 Å². The van der Waals surface area contributed by atoms with E-state index in [0.29, 0.717) is 6.54 Å². The summed E-state index contributed by atoms with van der Waals surface area (Å²) in [4.78, 5) is 23.7. The van der Waals surface area contributed by atoms with Crippen LogP contribution in [0.4, 0.5) is 5.13 Å². The van der Waals surface area contributed by atoms with E-state index in [1.165, 1.54) is 0 Å². The minimum Gasteiger partial charge on any atom is -0.460 e. The molecule has 4 heterocycles. The number of fused-ring (bicyclic) bond motifs is 1. The maximum atomic E-state index is 12.6. The lowest BCUT2D eigenvalue weighted by Crippen LogP contribution is -2.42. The van der Waals surface area contributed by atoms with Gasteiger partial charge in [-0.05, 0) is 31.0 Å². The Bertz CT molecular complexity index is 979. The fourth-order valence-electron chi connectivity index (χ4n) is 4.12. The van der Waals surface area contributed by atoms with E-state index in [9.17, 15) is 4.79 Å². The number of rotatable bonds is 3. The summed E-state index contributed by atoms with van der Waals surface area (Å²) in [7, 11) is 0. The standard InChI is InChI=1S/C19H19ClN4O2S/c20-13-1-2-15-16(9-13)27-18(22-15)24-6-3-19(4-7-24)10-14(26-17(19)25)11-23-8-5-21-12-23/h1-2,5,8-9,12,14H,3-4,6-7,10-11H2. The molecule has 0 amide bonds. The summed E-state index contributed by atoms with van der Waals surface area (Å²) in [6, 6.07) is 5.78. The molecule has 3 aromatic rings. The maximum Gasteiger partial charge on any atom is 0.312 e. The molecule has 2 saturated heterocycles. The predicted molar refractivity (Wildman–Crippen MR) is 105 cm³/mol. The average Bonchev–Trinajstić information content (AvgIpc) is 3.36. The van der Waals surface area contributed by atoms with Crippen molar-refractivity contribution in [1.29, 1.82) is 0 Å². The van der Waals surface area contributed by atoms with Gasteiger partial charge in [0, 0.05) is 36.9 Å². The van der Waals surface area contributed by atoms with Crippen molar-refractivity contribution in [2.75, 3.05) is 18.0 Å². The van der Waals surface area contributed by atoms with E-state index >= 15 is 0 Å². The minimum absolute atomic E-state index is 0.0386. The second-order valence-electron chi connectivity index (χ2n) is 7.37. The third-order valence-electron chi connectivity index (χ3n) is 5.63. The number of piperidine rings is 1. The molecule has 1 unspecified atom stereocenters. The number of hydrogen-bond acceptors (Lipinski definition) is 6. The van der Waals surface area contributed by atoms with Gasteiger partial charge in [0.15, 0.2) is 5.13 Å². The summed E-state index contributed by atoms with van der Waals surface area (Å²) < 4.78 is 8.76. The highest BCUT2D eigenvalue weighted by atomic mass is 35.5. The molecule has 2 aliphatic rings. The molecule has 0 N–H and O–H groups in total. The smallest absolute Gasteiger partial charge is 0.312 e. The van der Waals surface area contributed by atoms with Crippen LogP contribution in [0.15, 0.2) is 36.9 Å². The largest absolute Gasteiger partial charge is 0.460 e. The Hall–Kier alpha value is -2.12. The van der Waals surface area contributed by atoms with Crippen LogP contribution in [0.25, 0.3) is 10.2 Å². The van der Waals surface area contributed by atoms with E-state index in [-0.39, 0.29) is 17.5 Å². The van der Waals surface area contributed by atoms with Crippen molar-refractivity contribution in [3.63, 3.8) is 0 Å². The number of imidazole rings is 1. The van der Waals surface area contributed by atoms with Gasteiger partial charge in [-0.25, -0.2) is 9.97 Å². The van der Waals surface area contributed by atoms with Gasteiger partial charge in [0.1, 0.15) is 6.10 Å². The third kappa shape index (κ3) is 3.08. The van der Waals surface area contributed by atoms with Crippen LogP contribution in [0.2, 0.25) is 5.02 Å². The molecule has 8 heteroatoms. The van der Waals surface area contributed by atoms with Crippen LogP contribution in [-0.4, -0.2) is 39.7 Å².